The van der Waals surface area contributed by atoms with Crippen molar-refractivity contribution in [2.75, 3.05) is 5.32 Å². The summed E-state index contributed by atoms with van der Waals surface area (Å²) in [6.45, 7) is 8.05. The van der Waals surface area contributed by atoms with E-state index in [-0.39, 0.29) is 0 Å². The van der Waals surface area contributed by atoms with E-state index in [1.165, 1.54) is 5.56 Å². The zero-order valence-corrected chi connectivity index (χ0v) is 16.2. The molecule has 2 aromatic carbocycles. The fourth-order valence-electron chi connectivity index (χ4n) is 3.67. The molecule has 4 heteroatoms. The number of para-hydroxylation sites is 2. The van der Waals surface area contributed by atoms with Gasteiger partial charge in [-0.3, -0.25) is 4.40 Å². The minimum atomic E-state index is 0.611. The van der Waals surface area contributed by atoms with E-state index in [9.17, 15) is 5.26 Å². The van der Waals surface area contributed by atoms with Crippen LogP contribution >= 0.6 is 0 Å². The molecule has 0 bridgehead atoms. The van der Waals surface area contributed by atoms with Crippen LogP contribution in [0.25, 0.3) is 16.7 Å². The highest BCUT2D eigenvalue weighted by molar-refractivity contribution is 5.87. The predicted octanol–water partition coefficient (Wildman–Crippen LogP) is 5.70. The van der Waals surface area contributed by atoms with E-state index in [0.717, 1.165) is 40.1 Å². The summed E-state index contributed by atoms with van der Waals surface area (Å²) in [6.07, 6.45) is 3.55. The van der Waals surface area contributed by atoms with Crippen LogP contribution in [0.3, 0.4) is 0 Å². The van der Waals surface area contributed by atoms with E-state index >= 15 is 0 Å². The van der Waals surface area contributed by atoms with Gasteiger partial charge in [0.1, 0.15) is 11.9 Å². The van der Waals surface area contributed by atoms with Crippen molar-refractivity contribution < 1.29 is 0 Å². The quantitative estimate of drug-likeness (QED) is 0.461. The first kappa shape index (κ1) is 17.8. The molecule has 4 aromatic rings. The van der Waals surface area contributed by atoms with Crippen molar-refractivity contribution in [3.8, 4) is 6.07 Å². The van der Waals surface area contributed by atoms with Gasteiger partial charge in [-0.05, 0) is 55.2 Å². The van der Waals surface area contributed by atoms with E-state index < -0.39 is 0 Å². The smallest absolute Gasteiger partial charge is 0.157 e. The van der Waals surface area contributed by atoms with Crippen molar-refractivity contribution in [2.45, 2.75) is 26.7 Å². The topological polar surface area (TPSA) is 53.1 Å². The zero-order chi connectivity index (χ0) is 19.7. The third kappa shape index (κ3) is 2.82. The number of hydrogen-bond acceptors (Lipinski definition) is 3. The Kier molecular flexibility index (Phi) is 4.58. The molecule has 138 valence electrons. The molecule has 0 atom stereocenters. The first-order chi connectivity index (χ1) is 13.7. The van der Waals surface area contributed by atoms with Crippen molar-refractivity contribution in [3.05, 3.63) is 83.4 Å². The second kappa shape index (κ2) is 7.21. The van der Waals surface area contributed by atoms with Crippen molar-refractivity contribution in [3.63, 3.8) is 0 Å². The van der Waals surface area contributed by atoms with E-state index in [0.29, 0.717) is 17.6 Å². The Bertz CT molecular complexity index is 1220. The van der Waals surface area contributed by atoms with Gasteiger partial charge in [0.15, 0.2) is 5.65 Å². The van der Waals surface area contributed by atoms with E-state index in [1.54, 1.807) is 0 Å². The van der Waals surface area contributed by atoms with Gasteiger partial charge in [0, 0.05) is 11.3 Å². The molecule has 0 aliphatic heterocycles. The van der Waals surface area contributed by atoms with Crippen molar-refractivity contribution in [1.82, 2.24) is 9.38 Å². The maximum atomic E-state index is 9.82. The van der Waals surface area contributed by atoms with Gasteiger partial charge in [-0.25, -0.2) is 4.98 Å². The fourth-order valence-corrected chi connectivity index (χ4v) is 3.67. The van der Waals surface area contributed by atoms with Crippen LogP contribution in [0, 0.1) is 18.3 Å². The molecule has 2 aromatic heterocycles. The standard InChI is InChI=1S/C24H22N4/c1-4-8-19-16(3)20(15-25)24-27-21-9-6-7-10-22(21)28(24)23(19)26-18-13-11-17(5-2)12-14-18/h4,6-7,9-14,26H,1,5,8H2,2-3H3. The van der Waals surface area contributed by atoms with Crippen LogP contribution in [0.5, 0.6) is 0 Å². The van der Waals surface area contributed by atoms with Crippen LogP contribution in [0.1, 0.15) is 29.2 Å². The van der Waals surface area contributed by atoms with Crippen molar-refractivity contribution >= 4 is 28.2 Å². The average molecular weight is 366 g/mol. The summed E-state index contributed by atoms with van der Waals surface area (Å²) in [5.74, 6) is 0.935. The first-order valence-corrected chi connectivity index (χ1v) is 9.47. The van der Waals surface area contributed by atoms with Gasteiger partial charge in [-0.2, -0.15) is 5.26 Å². The summed E-state index contributed by atoms with van der Waals surface area (Å²) in [5, 5.41) is 13.4. The Morgan fingerprint density at radius 2 is 1.93 bits per heavy atom. The lowest BCUT2D eigenvalue weighted by Crippen LogP contribution is -2.08. The van der Waals surface area contributed by atoms with Gasteiger partial charge >= 0.3 is 0 Å². The number of pyridine rings is 1. The molecule has 4 rings (SSSR count). The largest absolute Gasteiger partial charge is 0.341 e. The Morgan fingerprint density at radius 3 is 2.61 bits per heavy atom. The Morgan fingerprint density at radius 1 is 1.18 bits per heavy atom. The summed E-state index contributed by atoms with van der Waals surface area (Å²) in [7, 11) is 0. The molecule has 0 unspecified atom stereocenters. The number of imidazole rings is 1. The predicted molar refractivity (Wildman–Crippen MR) is 115 cm³/mol. The minimum Gasteiger partial charge on any atom is -0.341 e. The van der Waals surface area contributed by atoms with Crippen LogP contribution in [-0.2, 0) is 12.8 Å². The number of allylic oxidation sites excluding steroid dienone is 1. The summed E-state index contributed by atoms with van der Waals surface area (Å²) >= 11 is 0. The lowest BCUT2D eigenvalue weighted by atomic mass is 10.0. The van der Waals surface area contributed by atoms with E-state index in [1.807, 2.05) is 37.3 Å². The molecule has 0 spiro atoms. The van der Waals surface area contributed by atoms with Gasteiger partial charge in [-0.15, -0.1) is 6.58 Å². The normalized spacial score (nSPS) is 10.9. The molecule has 0 aliphatic rings. The first-order valence-electron chi connectivity index (χ1n) is 9.47. The number of nitrogens with zero attached hydrogens (tertiary/aromatic N) is 3. The van der Waals surface area contributed by atoms with Crippen LogP contribution in [0.15, 0.2) is 61.2 Å². The van der Waals surface area contributed by atoms with Crippen LogP contribution < -0.4 is 5.32 Å². The number of fused-ring (bicyclic) bond motifs is 3. The highest BCUT2D eigenvalue weighted by Gasteiger charge is 2.20. The molecule has 2 heterocycles. The van der Waals surface area contributed by atoms with Gasteiger partial charge in [0.05, 0.1) is 16.6 Å². The molecule has 4 nitrogen and oxygen atoms in total. The number of aryl methyl sites for hydroxylation is 1. The lowest BCUT2D eigenvalue weighted by Gasteiger charge is -2.18. The average Bonchev–Trinajstić information content (AvgIpc) is 3.10. The highest BCUT2D eigenvalue weighted by atomic mass is 15.1. The number of benzene rings is 2. The van der Waals surface area contributed by atoms with E-state index in [2.05, 4.69) is 53.6 Å². The molecule has 0 aliphatic carbocycles. The molecule has 0 saturated carbocycles. The van der Waals surface area contributed by atoms with Gasteiger partial charge in [0.25, 0.3) is 0 Å². The number of hydrogen-bond donors (Lipinski definition) is 1. The molecule has 0 fully saturated rings. The molecule has 0 amide bonds. The maximum absolute atomic E-state index is 9.82. The third-order valence-corrected chi connectivity index (χ3v) is 5.21. The monoisotopic (exact) mass is 366 g/mol. The van der Waals surface area contributed by atoms with Crippen LogP contribution in [-0.4, -0.2) is 9.38 Å². The second-order valence-electron chi connectivity index (χ2n) is 6.87. The number of aromatic nitrogens is 2. The Hall–Kier alpha value is -3.58. The van der Waals surface area contributed by atoms with Crippen LogP contribution in [0.4, 0.5) is 11.5 Å². The van der Waals surface area contributed by atoms with Crippen molar-refractivity contribution in [2.24, 2.45) is 0 Å². The molecule has 28 heavy (non-hydrogen) atoms. The molecular formula is C24H22N4. The summed E-state index contributed by atoms with van der Waals surface area (Å²) in [4.78, 5) is 4.75. The van der Waals surface area contributed by atoms with Crippen LogP contribution in [0.2, 0.25) is 0 Å². The number of rotatable bonds is 5. The van der Waals surface area contributed by atoms with Gasteiger partial charge in [0.2, 0.25) is 0 Å². The number of nitriles is 1. The van der Waals surface area contributed by atoms with Crippen molar-refractivity contribution in [1.29, 1.82) is 5.26 Å². The summed E-state index contributed by atoms with van der Waals surface area (Å²) in [5.41, 5.74) is 7.45. The third-order valence-electron chi connectivity index (χ3n) is 5.21. The zero-order valence-electron chi connectivity index (χ0n) is 16.2. The van der Waals surface area contributed by atoms with E-state index in [4.69, 9.17) is 4.98 Å². The summed E-state index contributed by atoms with van der Waals surface area (Å²) in [6, 6.07) is 18.8. The second-order valence-corrected chi connectivity index (χ2v) is 6.87. The fraction of sp³-hybridized carbons (Fsp3) is 0.167. The number of nitrogens with one attached hydrogen (secondary N) is 1. The minimum absolute atomic E-state index is 0.611. The molecule has 1 N–H and O–H groups in total. The van der Waals surface area contributed by atoms with Gasteiger partial charge in [-0.1, -0.05) is 37.3 Å². The molecule has 0 saturated heterocycles. The number of anilines is 2. The summed E-state index contributed by atoms with van der Waals surface area (Å²) < 4.78 is 2.06. The Balaban J connectivity index is 2.04. The highest BCUT2D eigenvalue weighted by Crippen LogP contribution is 2.33. The maximum Gasteiger partial charge on any atom is 0.157 e. The Labute approximate surface area is 164 Å². The molecule has 0 radical (unpaired) electrons. The lowest BCUT2D eigenvalue weighted by molar-refractivity contribution is 1.10. The SMILES string of the molecule is C=CCc1c(C)c(C#N)c2nc3ccccc3n2c1Nc1ccc(CC)cc1. The molecular weight excluding hydrogens is 344 g/mol. The van der Waals surface area contributed by atoms with Gasteiger partial charge < -0.3 is 5.32 Å².